The Bertz CT molecular complexity index is 563. The van der Waals surface area contributed by atoms with Gasteiger partial charge in [0.15, 0.2) is 5.03 Å². The molecule has 9 heteroatoms. The Kier molecular flexibility index (Phi) is 5.55. The molecule has 1 heterocycles. The van der Waals surface area contributed by atoms with Gasteiger partial charge in [-0.25, -0.2) is 8.42 Å². The van der Waals surface area contributed by atoms with E-state index in [4.69, 9.17) is 16.3 Å². The van der Waals surface area contributed by atoms with E-state index in [-0.39, 0.29) is 23.2 Å². The van der Waals surface area contributed by atoms with Gasteiger partial charge in [-0.1, -0.05) is 11.6 Å². The van der Waals surface area contributed by atoms with Crippen molar-refractivity contribution < 1.29 is 17.9 Å². The Morgan fingerprint density at radius 1 is 1.55 bits per heavy atom. The minimum atomic E-state index is -3.93. The fourth-order valence-corrected chi connectivity index (χ4v) is 3.87. The third-order valence-electron chi connectivity index (χ3n) is 2.56. The molecule has 0 aliphatic heterocycles. The maximum absolute atomic E-state index is 12.6. The third-order valence-corrected chi connectivity index (χ3v) is 5.09. The van der Waals surface area contributed by atoms with Gasteiger partial charge in [0.1, 0.15) is 6.54 Å². The fourth-order valence-electron chi connectivity index (χ4n) is 1.68. The van der Waals surface area contributed by atoms with Crippen molar-refractivity contribution in [1.82, 2.24) is 14.1 Å². The van der Waals surface area contributed by atoms with Crippen LogP contribution in [0.2, 0.25) is 5.02 Å². The van der Waals surface area contributed by atoms with Crippen LogP contribution in [-0.4, -0.2) is 47.7 Å². The van der Waals surface area contributed by atoms with Crippen molar-refractivity contribution in [2.75, 3.05) is 13.2 Å². The van der Waals surface area contributed by atoms with E-state index in [9.17, 15) is 13.2 Å². The summed E-state index contributed by atoms with van der Waals surface area (Å²) < 4.78 is 32.2. The average Bonchev–Trinajstić information content (AvgIpc) is 2.66. The monoisotopic (exact) mass is 323 g/mol. The number of sulfonamides is 1. The number of carbonyl (C=O) groups excluding carboxylic acids is 1. The summed E-state index contributed by atoms with van der Waals surface area (Å²) in [6.07, 6.45) is 1.25. The molecule has 0 saturated carbocycles. The van der Waals surface area contributed by atoms with Gasteiger partial charge < -0.3 is 4.74 Å². The van der Waals surface area contributed by atoms with Crippen LogP contribution in [-0.2, 0) is 26.6 Å². The minimum absolute atomic E-state index is 0.0157. The summed E-state index contributed by atoms with van der Waals surface area (Å²) >= 11 is 5.87. The molecular formula is C11H18ClN3O4S. The number of rotatable bonds is 6. The Hall–Kier alpha value is -1.12. The number of carbonyl (C=O) groups is 1. The van der Waals surface area contributed by atoms with Crippen molar-refractivity contribution in [3.8, 4) is 0 Å². The first-order valence-electron chi connectivity index (χ1n) is 6.06. The van der Waals surface area contributed by atoms with Gasteiger partial charge >= 0.3 is 5.97 Å². The van der Waals surface area contributed by atoms with Gasteiger partial charge in [-0.05, 0) is 20.8 Å². The second kappa shape index (κ2) is 6.55. The summed E-state index contributed by atoms with van der Waals surface area (Å²) in [5.41, 5.74) is 0. The maximum atomic E-state index is 12.6. The zero-order valence-electron chi connectivity index (χ0n) is 11.8. The van der Waals surface area contributed by atoms with Gasteiger partial charge in [0.25, 0.3) is 10.0 Å². The molecule has 0 spiro atoms. The van der Waals surface area contributed by atoms with E-state index in [0.717, 1.165) is 8.99 Å². The average molecular weight is 324 g/mol. The Balaban J connectivity index is 3.17. The van der Waals surface area contributed by atoms with Crippen LogP contribution < -0.4 is 0 Å². The van der Waals surface area contributed by atoms with Crippen LogP contribution in [0.1, 0.15) is 20.8 Å². The van der Waals surface area contributed by atoms with Gasteiger partial charge in [-0.2, -0.15) is 9.40 Å². The molecule has 0 aliphatic carbocycles. The first-order valence-corrected chi connectivity index (χ1v) is 7.88. The Labute approximate surface area is 123 Å². The maximum Gasteiger partial charge on any atom is 0.321 e. The van der Waals surface area contributed by atoms with E-state index in [1.165, 1.54) is 13.2 Å². The zero-order valence-corrected chi connectivity index (χ0v) is 13.4. The molecule has 0 aromatic carbocycles. The molecule has 0 radical (unpaired) electrons. The first-order chi connectivity index (χ1) is 9.21. The molecule has 0 unspecified atom stereocenters. The number of hydrogen-bond acceptors (Lipinski definition) is 5. The molecule has 0 amide bonds. The van der Waals surface area contributed by atoms with E-state index < -0.39 is 22.0 Å². The van der Waals surface area contributed by atoms with Crippen molar-refractivity contribution >= 4 is 27.6 Å². The lowest BCUT2D eigenvalue weighted by atomic mass is 10.4. The van der Waals surface area contributed by atoms with Crippen molar-refractivity contribution in [2.45, 2.75) is 31.8 Å². The lowest BCUT2D eigenvalue weighted by Crippen LogP contribution is -2.42. The van der Waals surface area contributed by atoms with Crippen LogP contribution in [0.3, 0.4) is 0 Å². The van der Waals surface area contributed by atoms with Crippen LogP contribution in [0.25, 0.3) is 0 Å². The summed E-state index contributed by atoms with van der Waals surface area (Å²) in [4.78, 5) is 11.6. The third kappa shape index (κ3) is 3.50. The summed E-state index contributed by atoms with van der Waals surface area (Å²) in [5, 5.41) is 3.68. The summed E-state index contributed by atoms with van der Waals surface area (Å²) in [7, 11) is -2.46. The molecule has 0 N–H and O–H groups in total. The van der Waals surface area contributed by atoms with Crippen molar-refractivity contribution in [3.63, 3.8) is 0 Å². The van der Waals surface area contributed by atoms with E-state index >= 15 is 0 Å². The lowest BCUT2D eigenvalue weighted by Gasteiger charge is -2.24. The minimum Gasteiger partial charge on any atom is -0.465 e. The number of halogens is 1. The molecule has 1 aromatic heterocycles. The standard InChI is InChI=1S/C11H18ClN3O4S/c1-5-19-10(16)7-15(8(2)3)20(17,18)11-9(12)6-13-14(11)4/h6,8H,5,7H2,1-4H3. The molecule has 1 aromatic rings. The van der Waals surface area contributed by atoms with Crippen LogP contribution in [0.15, 0.2) is 11.2 Å². The number of aryl methyl sites for hydroxylation is 1. The number of ether oxygens (including phenoxy) is 1. The summed E-state index contributed by atoms with van der Waals surface area (Å²) in [6, 6.07) is -0.421. The molecule has 114 valence electrons. The number of aromatic nitrogens is 2. The fraction of sp³-hybridized carbons (Fsp3) is 0.636. The quantitative estimate of drug-likeness (QED) is 0.730. The second-order valence-electron chi connectivity index (χ2n) is 4.37. The number of hydrogen-bond donors (Lipinski definition) is 0. The smallest absolute Gasteiger partial charge is 0.321 e. The highest BCUT2D eigenvalue weighted by atomic mass is 35.5. The highest BCUT2D eigenvalue weighted by molar-refractivity contribution is 7.89. The highest BCUT2D eigenvalue weighted by Crippen LogP contribution is 2.24. The predicted octanol–water partition coefficient (Wildman–Crippen LogP) is 1.04. The molecule has 0 atom stereocenters. The van der Waals surface area contributed by atoms with Gasteiger partial charge in [0, 0.05) is 13.1 Å². The second-order valence-corrected chi connectivity index (χ2v) is 6.58. The van der Waals surface area contributed by atoms with E-state index in [1.54, 1.807) is 20.8 Å². The molecule has 0 fully saturated rings. The number of nitrogens with zero attached hydrogens (tertiary/aromatic N) is 3. The van der Waals surface area contributed by atoms with Crippen LogP contribution >= 0.6 is 11.6 Å². The predicted molar refractivity (Wildman–Crippen MR) is 73.9 cm³/mol. The van der Waals surface area contributed by atoms with Crippen LogP contribution in [0.5, 0.6) is 0 Å². The topological polar surface area (TPSA) is 81.5 Å². The molecule has 7 nitrogen and oxygen atoms in total. The van der Waals surface area contributed by atoms with Gasteiger partial charge in [-0.3, -0.25) is 9.48 Å². The van der Waals surface area contributed by atoms with Crippen molar-refractivity contribution in [3.05, 3.63) is 11.2 Å². The molecule has 20 heavy (non-hydrogen) atoms. The van der Waals surface area contributed by atoms with E-state index in [2.05, 4.69) is 5.10 Å². The number of esters is 1. The lowest BCUT2D eigenvalue weighted by molar-refractivity contribution is -0.143. The molecule has 0 saturated heterocycles. The Morgan fingerprint density at radius 3 is 2.55 bits per heavy atom. The van der Waals surface area contributed by atoms with Crippen molar-refractivity contribution in [1.29, 1.82) is 0 Å². The normalized spacial score (nSPS) is 12.2. The van der Waals surface area contributed by atoms with Gasteiger partial charge in [0.05, 0.1) is 17.8 Å². The van der Waals surface area contributed by atoms with Gasteiger partial charge in [-0.15, -0.1) is 0 Å². The molecule has 0 bridgehead atoms. The molecular weight excluding hydrogens is 306 g/mol. The Morgan fingerprint density at radius 2 is 2.15 bits per heavy atom. The first kappa shape index (κ1) is 16.9. The van der Waals surface area contributed by atoms with Crippen molar-refractivity contribution in [2.24, 2.45) is 7.05 Å². The zero-order chi connectivity index (χ0) is 15.5. The SMILES string of the molecule is CCOC(=O)CN(C(C)C)S(=O)(=O)c1c(Cl)cnn1C. The van der Waals surface area contributed by atoms with Crippen LogP contribution in [0, 0.1) is 0 Å². The molecule has 0 aliphatic rings. The van der Waals surface area contributed by atoms with E-state index in [0.29, 0.717) is 0 Å². The largest absolute Gasteiger partial charge is 0.465 e. The van der Waals surface area contributed by atoms with Crippen LogP contribution in [0.4, 0.5) is 0 Å². The van der Waals surface area contributed by atoms with Gasteiger partial charge in [0.2, 0.25) is 0 Å². The summed E-state index contributed by atoms with van der Waals surface area (Å²) in [6.45, 7) is 4.82. The summed E-state index contributed by atoms with van der Waals surface area (Å²) in [5.74, 6) is -0.608. The molecule has 1 rings (SSSR count). The highest BCUT2D eigenvalue weighted by Gasteiger charge is 2.33. The van der Waals surface area contributed by atoms with E-state index in [1.807, 2.05) is 0 Å².